The summed E-state index contributed by atoms with van der Waals surface area (Å²) in [6, 6.07) is 0.409. The van der Waals surface area contributed by atoms with Crippen LogP contribution >= 0.6 is 11.6 Å². The molecular weight excluding hydrogens is 234 g/mol. The van der Waals surface area contributed by atoms with Gasteiger partial charge in [0.15, 0.2) is 0 Å². The third-order valence-electron chi connectivity index (χ3n) is 3.81. The van der Waals surface area contributed by atoms with Crippen molar-refractivity contribution in [2.24, 2.45) is 11.8 Å². The molecule has 0 aromatic carbocycles. The second kappa shape index (κ2) is 7.97. The monoisotopic (exact) mass is 259 g/mol. The second-order valence-corrected chi connectivity index (χ2v) is 5.89. The predicted molar refractivity (Wildman–Crippen MR) is 73.3 cm³/mol. The molecule has 0 heterocycles. The SMILES string of the molecule is CC(C)C1CCCCC1NC(=O)CCCCCl. The zero-order valence-corrected chi connectivity index (χ0v) is 11.9. The molecule has 1 rings (SSSR count). The fourth-order valence-corrected chi connectivity index (χ4v) is 2.98. The molecule has 3 heteroatoms. The lowest BCUT2D eigenvalue weighted by Gasteiger charge is -2.34. The van der Waals surface area contributed by atoms with Crippen molar-refractivity contribution in [2.45, 2.75) is 64.8 Å². The molecule has 2 nitrogen and oxygen atoms in total. The van der Waals surface area contributed by atoms with Crippen molar-refractivity contribution >= 4 is 17.5 Å². The number of halogens is 1. The van der Waals surface area contributed by atoms with Gasteiger partial charge in [-0.25, -0.2) is 0 Å². The Labute approximate surface area is 110 Å². The van der Waals surface area contributed by atoms with Crippen molar-refractivity contribution < 1.29 is 4.79 Å². The van der Waals surface area contributed by atoms with E-state index < -0.39 is 0 Å². The molecule has 0 aromatic heterocycles. The molecule has 1 aliphatic rings. The molecule has 0 aromatic rings. The van der Waals surface area contributed by atoms with Crippen molar-refractivity contribution in [2.75, 3.05) is 5.88 Å². The van der Waals surface area contributed by atoms with Gasteiger partial charge < -0.3 is 5.32 Å². The van der Waals surface area contributed by atoms with Gasteiger partial charge in [0, 0.05) is 18.3 Å². The van der Waals surface area contributed by atoms with Crippen LogP contribution in [-0.4, -0.2) is 17.8 Å². The standard InChI is InChI=1S/C14H26ClNO/c1-11(2)12-7-3-4-8-13(12)16-14(17)9-5-6-10-15/h11-13H,3-10H2,1-2H3,(H,16,17). The Kier molecular flexibility index (Phi) is 6.94. The molecule has 17 heavy (non-hydrogen) atoms. The summed E-state index contributed by atoms with van der Waals surface area (Å²) in [5.74, 6) is 2.21. The quantitative estimate of drug-likeness (QED) is 0.572. The lowest BCUT2D eigenvalue weighted by molar-refractivity contribution is -0.122. The third-order valence-corrected chi connectivity index (χ3v) is 4.08. The highest BCUT2D eigenvalue weighted by atomic mass is 35.5. The van der Waals surface area contributed by atoms with Crippen LogP contribution in [0.1, 0.15) is 58.8 Å². The molecule has 2 unspecified atom stereocenters. The van der Waals surface area contributed by atoms with Gasteiger partial charge in [-0.3, -0.25) is 4.79 Å². The van der Waals surface area contributed by atoms with Gasteiger partial charge in [-0.15, -0.1) is 11.6 Å². The van der Waals surface area contributed by atoms with E-state index in [2.05, 4.69) is 19.2 Å². The van der Waals surface area contributed by atoms with Gasteiger partial charge in [0.05, 0.1) is 0 Å². The van der Waals surface area contributed by atoms with Gasteiger partial charge in [-0.1, -0.05) is 26.7 Å². The topological polar surface area (TPSA) is 29.1 Å². The van der Waals surface area contributed by atoms with E-state index in [0.717, 1.165) is 19.3 Å². The highest BCUT2D eigenvalue weighted by Gasteiger charge is 2.28. The van der Waals surface area contributed by atoms with Crippen molar-refractivity contribution in [1.82, 2.24) is 5.32 Å². The summed E-state index contributed by atoms with van der Waals surface area (Å²) >= 11 is 5.61. The Balaban J connectivity index is 2.34. The van der Waals surface area contributed by atoms with E-state index in [1.165, 1.54) is 19.3 Å². The van der Waals surface area contributed by atoms with Gasteiger partial charge in [0.1, 0.15) is 0 Å². The highest BCUT2D eigenvalue weighted by Crippen LogP contribution is 2.30. The molecule has 0 radical (unpaired) electrons. The van der Waals surface area contributed by atoms with Crippen LogP contribution in [-0.2, 0) is 4.79 Å². The summed E-state index contributed by atoms with van der Waals surface area (Å²) in [5, 5.41) is 3.23. The average molecular weight is 260 g/mol. The minimum Gasteiger partial charge on any atom is -0.353 e. The number of amides is 1. The number of carbonyl (C=O) groups is 1. The van der Waals surface area contributed by atoms with Gasteiger partial charge >= 0.3 is 0 Å². The smallest absolute Gasteiger partial charge is 0.220 e. The molecule has 0 spiro atoms. The number of carbonyl (C=O) groups excluding carboxylic acids is 1. The van der Waals surface area contributed by atoms with E-state index in [1.807, 2.05) is 0 Å². The van der Waals surface area contributed by atoms with E-state index in [1.54, 1.807) is 0 Å². The summed E-state index contributed by atoms with van der Waals surface area (Å²) in [5.41, 5.74) is 0. The van der Waals surface area contributed by atoms with Crippen molar-refractivity contribution in [1.29, 1.82) is 0 Å². The molecule has 1 saturated carbocycles. The third kappa shape index (κ3) is 5.29. The number of alkyl halides is 1. The zero-order valence-electron chi connectivity index (χ0n) is 11.2. The molecule has 1 fully saturated rings. The van der Waals surface area contributed by atoms with E-state index in [0.29, 0.717) is 30.2 Å². The Morgan fingerprint density at radius 2 is 2.00 bits per heavy atom. The van der Waals surface area contributed by atoms with Crippen LogP contribution in [0.3, 0.4) is 0 Å². The first-order chi connectivity index (χ1) is 8.15. The molecule has 1 aliphatic carbocycles. The fourth-order valence-electron chi connectivity index (χ4n) is 2.80. The van der Waals surface area contributed by atoms with Gasteiger partial charge in [-0.2, -0.15) is 0 Å². The predicted octanol–water partition coefficient (Wildman–Crippen LogP) is 3.73. The van der Waals surface area contributed by atoms with Crippen LogP contribution in [0, 0.1) is 11.8 Å². The molecule has 1 amide bonds. The van der Waals surface area contributed by atoms with Crippen molar-refractivity contribution in [3.8, 4) is 0 Å². The second-order valence-electron chi connectivity index (χ2n) is 5.51. The number of unbranched alkanes of at least 4 members (excludes halogenated alkanes) is 1. The Hall–Kier alpha value is -0.240. The molecule has 0 bridgehead atoms. The summed E-state index contributed by atoms with van der Waals surface area (Å²) in [6.45, 7) is 4.53. The van der Waals surface area contributed by atoms with Crippen LogP contribution in [0.5, 0.6) is 0 Å². The highest BCUT2D eigenvalue weighted by molar-refractivity contribution is 6.17. The summed E-state index contributed by atoms with van der Waals surface area (Å²) < 4.78 is 0. The molecule has 1 N–H and O–H groups in total. The molecule has 0 aliphatic heterocycles. The van der Waals surface area contributed by atoms with E-state index in [4.69, 9.17) is 11.6 Å². The van der Waals surface area contributed by atoms with Crippen LogP contribution in [0.2, 0.25) is 0 Å². The lowest BCUT2D eigenvalue weighted by atomic mass is 9.78. The summed E-state index contributed by atoms with van der Waals surface area (Å²) in [7, 11) is 0. The van der Waals surface area contributed by atoms with Crippen molar-refractivity contribution in [3.63, 3.8) is 0 Å². The lowest BCUT2D eigenvalue weighted by Crippen LogP contribution is -2.43. The number of hydrogen-bond acceptors (Lipinski definition) is 1. The van der Waals surface area contributed by atoms with E-state index in [9.17, 15) is 4.79 Å². The minimum atomic E-state index is 0.215. The normalized spacial score (nSPS) is 24.9. The van der Waals surface area contributed by atoms with Gasteiger partial charge in [0.2, 0.25) is 5.91 Å². The first-order valence-corrected chi connectivity index (χ1v) is 7.54. The van der Waals surface area contributed by atoms with Crippen molar-refractivity contribution in [3.05, 3.63) is 0 Å². The Morgan fingerprint density at radius 3 is 2.65 bits per heavy atom. The summed E-state index contributed by atoms with van der Waals surface area (Å²) in [4.78, 5) is 11.8. The maximum Gasteiger partial charge on any atom is 0.220 e. The minimum absolute atomic E-state index is 0.215. The van der Waals surface area contributed by atoms with Gasteiger partial charge in [-0.05, 0) is 37.5 Å². The molecular formula is C14H26ClNO. The van der Waals surface area contributed by atoms with Crippen LogP contribution in [0.25, 0.3) is 0 Å². The maximum atomic E-state index is 11.8. The number of rotatable bonds is 6. The summed E-state index contributed by atoms with van der Waals surface area (Å²) in [6.07, 6.45) is 7.49. The Bertz CT molecular complexity index is 230. The molecule has 100 valence electrons. The number of hydrogen-bond donors (Lipinski definition) is 1. The fraction of sp³-hybridized carbons (Fsp3) is 0.929. The van der Waals surface area contributed by atoms with Crippen LogP contribution < -0.4 is 5.32 Å². The van der Waals surface area contributed by atoms with Gasteiger partial charge in [0.25, 0.3) is 0 Å². The van der Waals surface area contributed by atoms with Crippen LogP contribution in [0.4, 0.5) is 0 Å². The first-order valence-electron chi connectivity index (χ1n) is 7.00. The Morgan fingerprint density at radius 1 is 1.29 bits per heavy atom. The molecule has 0 saturated heterocycles. The molecule has 2 atom stereocenters. The zero-order chi connectivity index (χ0) is 12.7. The van der Waals surface area contributed by atoms with E-state index >= 15 is 0 Å². The van der Waals surface area contributed by atoms with E-state index in [-0.39, 0.29) is 5.91 Å². The van der Waals surface area contributed by atoms with Crippen LogP contribution in [0.15, 0.2) is 0 Å². The maximum absolute atomic E-state index is 11.8. The largest absolute Gasteiger partial charge is 0.353 e. The number of nitrogens with one attached hydrogen (secondary N) is 1. The average Bonchev–Trinajstić information content (AvgIpc) is 2.29. The first kappa shape index (κ1) is 14.8.